The van der Waals surface area contributed by atoms with E-state index in [-0.39, 0.29) is 37.7 Å². The predicted octanol–water partition coefficient (Wildman–Crippen LogP) is 1.57. The molecule has 230 valence electrons. The zero-order chi connectivity index (χ0) is 30.9. The van der Waals surface area contributed by atoms with Crippen molar-refractivity contribution in [2.75, 3.05) is 37.7 Å². The second kappa shape index (κ2) is 18.8. The molecule has 14 heteroatoms. The molecule has 0 heterocycles. The molecule has 0 saturated carbocycles. The lowest BCUT2D eigenvalue weighted by atomic mass is 9.88. The van der Waals surface area contributed by atoms with Gasteiger partial charge in [-0.2, -0.15) is 0 Å². The van der Waals surface area contributed by atoms with E-state index in [4.69, 9.17) is 9.47 Å². The molecule has 0 aliphatic carbocycles. The van der Waals surface area contributed by atoms with Crippen LogP contribution in [-0.4, -0.2) is 85.5 Å². The highest BCUT2D eigenvalue weighted by Crippen LogP contribution is 2.23. The van der Waals surface area contributed by atoms with Gasteiger partial charge < -0.3 is 30.7 Å². The quantitative estimate of drug-likeness (QED) is 0.108. The van der Waals surface area contributed by atoms with E-state index in [9.17, 15) is 28.8 Å². The SMILES string of the molecule is CC(=O)OC(C(=O)NCCC(=O)NCCSSCCNC(=O)CCNC(=O)C(OC(C)=O)C(C)(C)C)C(C)(C)C. The summed E-state index contributed by atoms with van der Waals surface area (Å²) in [7, 11) is 3.11. The lowest BCUT2D eigenvalue weighted by molar-refractivity contribution is -0.160. The van der Waals surface area contributed by atoms with E-state index in [2.05, 4.69) is 21.3 Å². The maximum Gasteiger partial charge on any atom is 0.303 e. The van der Waals surface area contributed by atoms with Crippen LogP contribution < -0.4 is 21.3 Å². The Kier molecular flexibility index (Phi) is 17.6. The highest BCUT2D eigenvalue weighted by molar-refractivity contribution is 8.76. The molecule has 0 aliphatic rings. The number of ether oxygens (including phenoxy) is 2. The van der Waals surface area contributed by atoms with Crippen LogP contribution in [0.5, 0.6) is 0 Å². The molecule has 0 aromatic carbocycles. The average Bonchev–Trinajstić information content (AvgIpc) is 2.80. The number of amides is 4. The fourth-order valence-corrected chi connectivity index (χ4v) is 4.94. The third-order valence-corrected chi connectivity index (χ3v) is 7.43. The first kappa shape index (κ1) is 37.5. The van der Waals surface area contributed by atoms with Crippen molar-refractivity contribution in [3.63, 3.8) is 0 Å². The van der Waals surface area contributed by atoms with Gasteiger partial charge in [-0.1, -0.05) is 63.1 Å². The summed E-state index contributed by atoms with van der Waals surface area (Å²) in [6.45, 7) is 14.4. The summed E-state index contributed by atoms with van der Waals surface area (Å²) < 4.78 is 10.2. The lowest BCUT2D eigenvalue weighted by Crippen LogP contribution is -2.46. The predicted molar refractivity (Wildman–Crippen MR) is 156 cm³/mol. The molecular weight excluding hydrogens is 560 g/mol. The van der Waals surface area contributed by atoms with Gasteiger partial charge in [-0.3, -0.25) is 28.8 Å². The fraction of sp³-hybridized carbons (Fsp3) is 0.769. The minimum Gasteiger partial charge on any atom is -0.452 e. The van der Waals surface area contributed by atoms with Gasteiger partial charge in [-0.25, -0.2) is 0 Å². The van der Waals surface area contributed by atoms with E-state index >= 15 is 0 Å². The second-order valence-corrected chi connectivity index (χ2v) is 13.8. The summed E-state index contributed by atoms with van der Waals surface area (Å²) in [6, 6.07) is 0. The molecule has 0 rings (SSSR count). The molecule has 12 nitrogen and oxygen atoms in total. The van der Waals surface area contributed by atoms with Crippen LogP contribution in [0.25, 0.3) is 0 Å². The third-order valence-electron chi connectivity index (χ3n) is 5.02. The van der Waals surface area contributed by atoms with Crippen LogP contribution in [0.2, 0.25) is 0 Å². The molecular formula is C26H46N4O8S2. The number of esters is 2. The number of nitrogens with one attached hydrogen (secondary N) is 4. The Bertz CT molecular complexity index is 802. The summed E-state index contributed by atoms with van der Waals surface area (Å²) in [5.74, 6) is -1.03. The zero-order valence-corrected chi connectivity index (χ0v) is 26.5. The molecule has 0 aromatic rings. The molecule has 0 fully saturated rings. The Labute approximate surface area is 245 Å². The Hall–Kier alpha value is -2.48. The van der Waals surface area contributed by atoms with E-state index in [0.717, 1.165) is 0 Å². The standard InChI is InChI=1S/C26H46N4O8S2/c1-17(31)37-21(25(3,4)5)23(35)29-11-9-19(33)27-13-15-39-40-16-14-28-20(34)10-12-30-24(36)22(26(6,7)8)38-18(2)32/h21-22H,9-16H2,1-8H3,(H,27,33)(H,28,34)(H,29,35)(H,30,36). The van der Waals surface area contributed by atoms with Crippen LogP contribution in [0, 0.1) is 10.8 Å². The van der Waals surface area contributed by atoms with Gasteiger partial charge in [-0.15, -0.1) is 0 Å². The van der Waals surface area contributed by atoms with Gasteiger partial charge in [0.15, 0.2) is 12.2 Å². The Morgan fingerprint density at radius 3 is 1.18 bits per heavy atom. The van der Waals surface area contributed by atoms with Crippen LogP contribution in [0.3, 0.4) is 0 Å². The summed E-state index contributed by atoms with van der Waals surface area (Å²) in [4.78, 5) is 71.1. The van der Waals surface area contributed by atoms with Crippen LogP contribution in [0.1, 0.15) is 68.2 Å². The van der Waals surface area contributed by atoms with Gasteiger partial charge >= 0.3 is 11.9 Å². The molecule has 40 heavy (non-hydrogen) atoms. The van der Waals surface area contributed by atoms with Crippen molar-refractivity contribution in [3.8, 4) is 0 Å². The molecule has 4 amide bonds. The zero-order valence-electron chi connectivity index (χ0n) is 24.9. The highest BCUT2D eigenvalue weighted by atomic mass is 33.1. The maximum atomic E-state index is 12.3. The van der Waals surface area contributed by atoms with Gasteiger partial charge in [0.2, 0.25) is 11.8 Å². The fourth-order valence-electron chi connectivity index (χ4n) is 3.12. The molecule has 2 atom stereocenters. The van der Waals surface area contributed by atoms with Crippen molar-refractivity contribution in [3.05, 3.63) is 0 Å². The van der Waals surface area contributed by atoms with Crippen molar-refractivity contribution in [1.29, 1.82) is 0 Å². The van der Waals surface area contributed by atoms with Crippen LogP contribution in [0.4, 0.5) is 0 Å². The number of carbonyl (C=O) groups is 6. The van der Waals surface area contributed by atoms with Crippen LogP contribution in [0.15, 0.2) is 0 Å². The number of carbonyl (C=O) groups excluding carboxylic acids is 6. The minimum absolute atomic E-state index is 0.105. The molecule has 0 bridgehead atoms. The molecule has 2 unspecified atom stereocenters. The van der Waals surface area contributed by atoms with Gasteiger partial charge in [0.1, 0.15) is 0 Å². The summed E-state index contributed by atoms with van der Waals surface area (Å²) >= 11 is 0. The third kappa shape index (κ3) is 18.0. The first-order valence-corrected chi connectivity index (χ1v) is 15.6. The van der Waals surface area contributed by atoms with Gasteiger partial charge in [0.05, 0.1) is 0 Å². The molecule has 0 radical (unpaired) electrons. The van der Waals surface area contributed by atoms with Crippen molar-refractivity contribution in [2.45, 2.75) is 80.4 Å². The number of rotatable bonds is 17. The first-order valence-electron chi connectivity index (χ1n) is 13.1. The van der Waals surface area contributed by atoms with Gasteiger partial charge in [-0.05, 0) is 0 Å². The highest BCUT2D eigenvalue weighted by Gasteiger charge is 2.35. The molecule has 0 spiro atoms. The second-order valence-electron chi connectivity index (χ2n) is 11.1. The van der Waals surface area contributed by atoms with E-state index in [1.807, 2.05) is 0 Å². The maximum absolute atomic E-state index is 12.3. The van der Waals surface area contributed by atoms with Crippen LogP contribution in [-0.2, 0) is 38.2 Å². The van der Waals surface area contributed by atoms with Crippen molar-refractivity contribution >= 4 is 57.2 Å². The topological polar surface area (TPSA) is 169 Å². The van der Waals surface area contributed by atoms with Crippen molar-refractivity contribution < 1.29 is 38.2 Å². The largest absolute Gasteiger partial charge is 0.452 e. The minimum atomic E-state index is -0.938. The van der Waals surface area contributed by atoms with E-state index in [1.54, 1.807) is 63.1 Å². The Balaban J connectivity index is 3.95. The van der Waals surface area contributed by atoms with Crippen molar-refractivity contribution in [2.24, 2.45) is 10.8 Å². The normalized spacial score (nSPS) is 12.9. The molecule has 0 aliphatic heterocycles. The van der Waals surface area contributed by atoms with Gasteiger partial charge in [0.25, 0.3) is 11.8 Å². The Morgan fingerprint density at radius 2 is 0.900 bits per heavy atom. The Morgan fingerprint density at radius 1 is 0.575 bits per heavy atom. The van der Waals surface area contributed by atoms with Crippen molar-refractivity contribution in [1.82, 2.24) is 21.3 Å². The van der Waals surface area contributed by atoms with E-state index in [0.29, 0.717) is 24.6 Å². The number of hydrogen-bond acceptors (Lipinski definition) is 10. The summed E-state index contributed by atoms with van der Waals surface area (Å²) in [5.41, 5.74) is -1.15. The van der Waals surface area contributed by atoms with Crippen LogP contribution >= 0.6 is 21.6 Å². The molecule has 0 aromatic heterocycles. The van der Waals surface area contributed by atoms with E-state index < -0.39 is 46.8 Å². The van der Waals surface area contributed by atoms with Gasteiger partial charge in [0, 0.05) is 75.2 Å². The number of hydrogen-bond donors (Lipinski definition) is 4. The molecule has 4 N–H and O–H groups in total. The summed E-state index contributed by atoms with van der Waals surface area (Å²) in [5, 5.41) is 10.8. The lowest BCUT2D eigenvalue weighted by Gasteiger charge is -2.28. The first-order chi connectivity index (χ1) is 18.4. The summed E-state index contributed by atoms with van der Waals surface area (Å²) in [6.07, 6.45) is -1.67. The van der Waals surface area contributed by atoms with E-state index in [1.165, 1.54) is 13.8 Å². The monoisotopic (exact) mass is 606 g/mol. The molecule has 0 saturated heterocycles. The average molecular weight is 607 g/mol. The smallest absolute Gasteiger partial charge is 0.303 e.